The lowest BCUT2D eigenvalue weighted by Gasteiger charge is -2.17. The number of fused-ring (bicyclic) bond motifs is 1. The maximum Gasteiger partial charge on any atom is 0.179 e. The van der Waals surface area contributed by atoms with Crippen molar-refractivity contribution in [1.82, 2.24) is 5.32 Å². The fraction of sp³-hybridized carbons (Fsp3) is 0.625. The van der Waals surface area contributed by atoms with Crippen LogP contribution >= 0.6 is 11.6 Å². The Bertz CT molecular complexity index is 448. The number of ether oxygens (including phenoxy) is 2. The van der Waals surface area contributed by atoms with Crippen molar-refractivity contribution in [3.8, 4) is 11.5 Å². The van der Waals surface area contributed by atoms with Gasteiger partial charge >= 0.3 is 0 Å². The molecule has 0 spiro atoms. The average molecular weight is 298 g/mol. The minimum Gasteiger partial charge on any atom is -0.489 e. The molecule has 1 aromatic carbocycles. The Kier molecular flexibility index (Phi) is 5.55. The van der Waals surface area contributed by atoms with Crippen LogP contribution in [-0.2, 0) is 6.54 Å². The standard InChI is InChI=1S/C16H24ClNO2/c1-11(2)12(3)9-18-10-13-7-14(17)16-15(8-13)19-5-4-6-20-16/h7-8,11-12,18H,4-6,9-10H2,1-3H3. The van der Waals surface area contributed by atoms with E-state index in [4.69, 9.17) is 21.1 Å². The van der Waals surface area contributed by atoms with Crippen LogP contribution in [0.2, 0.25) is 5.02 Å². The average Bonchev–Trinajstić information content (AvgIpc) is 2.64. The third-order valence-corrected chi connectivity index (χ3v) is 4.08. The van der Waals surface area contributed by atoms with Gasteiger partial charge in [0.1, 0.15) is 0 Å². The lowest BCUT2D eigenvalue weighted by Crippen LogP contribution is -2.23. The molecule has 2 rings (SSSR count). The van der Waals surface area contributed by atoms with Gasteiger partial charge < -0.3 is 14.8 Å². The maximum absolute atomic E-state index is 6.28. The first-order valence-corrected chi connectivity index (χ1v) is 7.74. The third kappa shape index (κ3) is 4.03. The smallest absolute Gasteiger partial charge is 0.179 e. The maximum atomic E-state index is 6.28. The van der Waals surface area contributed by atoms with E-state index in [1.807, 2.05) is 12.1 Å². The topological polar surface area (TPSA) is 30.5 Å². The molecule has 1 aliphatic rings. The van der Waals surface area contributed by atoms with Gasteiger partial charge in [0, 0.05) is 13.0 Å². The molecular formula is C16H24ClNO2. The number of hydrogen-bond acceptors (Lipinski definition) is 3. The van der Waals surface area contributed by atoms with Crippen LogP contribution in [0.3, 0.4) is 0 Å². The second-order valence-corrected chi connectivity index (χ2v) is 6.21. The van der Waals surface area contributed by atoms with Crippen LogP contribution in [0.5, 0.6) is 11.5 Å². The van der Waals surface area contributed by atoms with Crippen molar-refractivity contribution < 1.29 is 9.47 Å². The van der Waals surface area contributed by atoms with Crippen LogP contribution in [0.15, 0.2) is 12.1 Å². The summed E-state index contributed by atoms with van der Waals surface area (Å²) in [7, 11) is 0. The Balaban J connectivity index is 1.99. The zero-order valence-electron chi connectivity index (χ0n) is 12.5. The van der Waals surface area contributed by atoms with E-state index in [9.17, 15) is 0 Å². The summed E-state index contributed by atoms with van der Waals surface area (Å²) in [6, 6.07) is 3.99. The number of halogens is 1. The molecule has 1 aromatic rings. The molecule has 0 amide bonds. The fourth-order valence-corrected chi connectivity index (χ4v) is 2.35. The van der Waals surface area contributed by atoms with E-state index in [2.05, 4.69) is 26.1 Å². The number of benzene rings is 1. The second-order valence-electron chi connectivity index (χ2n) is 5.81. The van der Waals surface area contributed by atoms with Crippen LogP contribution in [-0.4, -0.2) is 19.8 Å². The molecule has 0 saturated carbocycles. The van der Waals surface area contributed by atoms with Crippen LogP contribution in [0.4, 0.5) is 0 Å². The molecule has 0 fully saturated rings. The van der Waals surface area contributed by atoms with E-state index < -0.39 is 0 Å². The molecule has 0 saturated heterocycles. The zero-order chi connectivity index (χ0) is 14.5. The Morgan fingerprint density at radius 1 is 1.20 bits per heavy atom. The number of hydrogen-bond donors (Lipinski definition) is 1. The van der Waals surface area contributed by atoms with Crippen molar-refractivity contribution in [3.05, 3.63) is 22.7 Å². The first kappa shape index (κ1) is 15.5. The quantitative estimate of drug-likeness (QED) is 0.894. The van der Waals surface area contributed by atoms with E-state index in [-0.39, 0.29) is 0 Å². The van der Waals surface area contributed by atoms with E-state index in [1.54, 1.807) is 0 Å². The molecule has 1 aliphatic heterocycles. The Hall–Kier alpha value is -0.930. The minimum absolute atomic E-state index is 0.637. The molecule has 0 aromatic heterocycles. The molecule has 1 atom stereocenters. The Morgan fingerprint density at radius 2 is 1.95 bits per heavy atom. The Labute approximate surface area is 126 Å². The van der Waals surface area contributed by atoms with Crippen LogP contribution < -0.4 is 14.8 Å². The zero-order valence-corrected chi connectivity index (χ0v) is 13.3. The highest BCUT2D eigenvalue weighted by Crippen LogP contribution is 2.37. The van der Waals surface area contributed by atoms with Gasteiger partial charge in [0.15, 0.2) is 11.5 Å². The summed E-state index contributed by atoms with van der Waals surface area (Å²) < 4.78 is 11.3. The molecular weight excluding hydrogens is 274 g/mol. The largest absolute Gasteiger partial charge is 0.489 e. The molecule has 20 heavy (non-hydrogen) atoms. The monoisotopic (exact) mass is 297 g/mol. The van der Waals surface area contributed by atoms with Crippen molar-refractivity contribution in [2.24, 2.45) is 11.8 Å². The predicted octanol–water partition coefficient (Wildman–Crippen LogP) is 3.88. The van der Waals surface area contributed by atoms with Crippen LogP contribution in [0, 0.1) is 11.8 Å². The lowest BCUT2D eigenvalue weighted by molar-refractivity contribution is 0.297. The van der Waals surface area contributed by atoms with Gasteiger partial charge in [-0.15, -0.1) is 0 Å². The van der Waals surface area contributed by atoms with Crippen LogP contribution in [0.1, 0.15) is 32.8 Å². The van der Waals surface area contributed by atoms with Gasteiger partial charge in [0.25, 0.3) is 0 Å². The van der Waals surface area contributed by atoms with E-state index in [0.717, 1.165) is 30.8 Å². The van der Waals surface area contributed by atoms with Crippen molar-refractivity contribution in [3.63, 3.8) is 0 Å². The van der Waals surface area contributed by atoms with Gasteiger partial charge in [-0.3, -0.25) is 0 Å². The SMILES string of the molecule is CC(C)C(C)CNCc1cc(Cl)c2c(c1)OCCCO2. The fourth-order valence-electron chi connectivity index (χ4n) is 2.07. The normalized spacial score (nSPS) is 16.1. The van der Waals surface area contributed by atoms with Gasteiger partial charge in [-0.2, -0.15) is 0 Å². The van der Waals surface area contributed by atoms with Gasteiger partial charge in [0.2, 0.25) is 0 Å². The summed E-state index contributed by atoms with van der Waals surface area (Å²) in [5, 5.41) is 4.11. The highest BCUT2D eigenvalue weighted by molar-refractivity contribution is 6.32. The molecule has 0 aliphatic carbocycles. The minimum atomic E-state index is 0.637. The Morgan fingerprint density at radius 3 is 2.70 bits per heavy atom. The van der Waals surface area contributed by atoms with Crippen molar-refractivity contribution in [2.45, 2.75) is 33.7 Å². The third-order valence-electron chi connectivity index (χ3n) is 3.80. The second kappa shape index (κ2) is 7.19. The summed E-state index contributed by atoms with van der Waals surface area (Å²) in [4.78, 5) is 0. The van der Waals surface area contributed by atoms with Crippen molar-refractivity contribution in [1.29, 1.82) is 0 Å². The molecule has 1 heterocycles. The lowest BCUT2D eigenvalue weighted by atomic mass is 9.98. The number of nitrogens with one attached hydrogen (secondary N) is 1. The van der Waals surface area contributed by atoms with Gasteiger partial charge in [-0.25, -0.2) is 0 Å². The van der Waals surface area contributed by atoms with Crippen LogP contribution in [0.25, 0.3) is 0 Å². The van der Waals surface area contributed by atoms with E-state index >= 15 is 0 Å². The molecule has 4 heteroatoms. The number of rotatable bonds is 5. The summed E-state index contributed by atoms with van der Waals surface area (Å²) in [6.45, 7) is 9.91. The van der Waals surface area contributed by atoms with E-state index in [1.165, 1.54) is 0 Å². The van der Waals surface area contributed by atoms with Crippen molar-refractivity contribution >= 4 is 11.6 Å². The first-order valence-electron chi connectivity index (χ1n) is 7.36. The summed E-state index contributed by atoms with van der Waals surface area (Å²) in [6.07, 6.45) is 0.893. The van der Waals surface area contributed by atoms with Crippen molar-refractivity contribution in [2.75, 3.05) is 19.8 Å². The predicted molar refractivity (Wildman–Crippen MR) is 82.8 cm³/mol. The van der Waals surface area contributed by atoms with Gasteiger partial charge in [-0.05, 0) is 36.1 Å². The molecule has 1 N–H and O–H groups in total. The summed E-state index contributed by atoms with van der Waals surface area (Å²) in [5.74, 6) is 2.80. The van der Waals surface area contributed by atoms with E-state index in [0.29, 0.717) is 35.8 Å². The molecule has 0 bridgehead atoms. The molecule has 3 nitrogen and oxygen atoms in total. The van der Waals surface area contributed by atoms with Gasteiger partial charge in [0.05, 0.1) is 18.2 Å². The first-order chi connectivity index (χ1) is 9.58. The summed E-state index contributed by atoms with van der Waals surface area (Å²) >= 11 is 6.28. The summed E-state index contributed by atoms with van der Waals surface area (Å²) in [5.41, 5.74) is 1.13. The molecule has 0 radical (unpaired) electrons. The highest BCUT2D eigenvalue weighted by atomic mass is 35.5. The molecule has 1 unspecified atom stereocenters. The highest BCUT2D eigenvalue weighted by Gasteiger charge is 2.15. The molecule has 112 valence electrons. The van der Waals surface area contributed by atoms with Gasteiger partial charge in [-0.1, -0.05) is 32.4 Å².